The molecule has 0 aliphatic heterocycles. The number of amides is 2. The van der Waals surface area contributed by atoms with Crippen molar-refractivity contribution >= 4 is 34.2 Å². The predicted molar refractivity (Wildman–Crippen MR) is 108 cm³/mol. The maximum absolute atomic E-state index is 12.6. The molecule has 1 aromatic heterocycles. The molecular weight excluding hydrogens is 344 g/mol. The highest BCUT2D eigenvalue weighted by molar-refractivity contribution is 7.17. The zero-order valence-electron chi connectivity index (χ0n) is 14.6. The average molecular weight is 366 g/mol. The summed E-state index contributed by atoms with van der Waals surface area (Å²) in [6.07, 6.45) is 8.97. The van der Waals surface area contributed by atoms with Gasteiger partial charge in [0.1, 0.15) is 5.00 Å². The van der Waals surface area contributed by atoms with Gasteiger partial charge in [0.25, 0.3) is 5.91 Å². The molecule has 1 aliphatic carbocycles. The standard InChI is InChI=1S/C21H22N2O2S/c1-2-14-22-20(25)19-16-10-6-7-11-17(16)26-21(19)23-18(24)13-12-15-8-4-3-5-9-15/h2-5,8-9,12-13H,1,6-7,10-11,14H2,(H,22,25)(H,23,24). The van der Waals surface area contributed by atoms with Gasteiger partial charge in [-0.25, -0.2) is 0 Å². The fourth-order valence-electron chi connectivity index (χ4n) is 3.04. The van der Waals surface area contributed by atoms with Gasteiger partial charge in [0.15, 0.2) is 0 Å². The summed E-state index contributed by atoms with van der Waals surface area (Å²) < 4.78 is 0. The summed E-state index contributed by atoms with van der Waals surface area (Å²) in [5.74, 6) is -0.378. The van der Waals surface area contributed by atoms with E-state index < -0.39 is 0 Å². The summed E-state index contributed by atoms with van der Waals surface area (Å²) in [4.78, 5) is 26.2. The molecule has 2 amide bonds. The Labute approximate surface area is 157 Å². The molecule has 3 rings (SSSR count). The fourth-order valence-corrected chi connectivity index (χ4v) is 4.33. The van der Waals surface area contributed by atoms with Crippen LogP contribution in [0.1, 0.15) is 39.2 Å². The second-order valence-corrected chi connectivity index (χ2v) is 7.25. The van der Waals surface area contributed by atoms with E-state index in [9.17, 15) is 9.59 Å². The molecule has 2 N–H and O–H groups in total. The maximum atomic E-state index is 12.6. The number of rotatable bonds is 6. The van der Waals surface area contributed by atoms with Crippen LogP contribution in [0.15, 0.2) is 49.1 Å². The minimum atomic E-state index is -0.231. The molecule has 0 saturated heterocycles. The van der Waals surface area contributed by atoms with E-state index in [1.165, 1.54) is 22.3 Å². The monoisotopic (exact) mass is 366 g/mol. The van der Waals surface area contributed by atoms with Crippen LogP contribution in [-0.2, 0) is 17.6 Å². The second kappa shape index (κ2) is 8.63. The smallest absolute Gasteiger partial charge is 0.254 e. The van der Waals surface area contributed by atoms with Crippen molar-refractivity contribution in [2.24, 2.45) is 0 Å². The Morgan fingerprint density at radius 2 is 1.92 bits per heavy atom. The van der Waals surface area contributed by atoms with Gasteiger partial charge in [-0.05, 0) is 42.9 Å². The van der Waals surface area contributed by atoms with E-state index in [1.807, 2.05) is 30.3 Å². The quantitative estimate of drug-likeness (QED) is 0.595. The predicted octanol–water partition coefficient (Wildman–Crippen LogP) is 4.19. The fraction of sp³-hybridized carbons (Fsp3) is 0.238. The number of carbonyl (C=O) groups excluding carboxylic acids is 2. The van der Waals surface area contributed by atoms with Crippen molar-refractivity contribution < 1.29 is 9.59 Å². The molecule has 1 heterocycles. The molecule has 26 heavy (non-hydrogen) atoms. The van der Waals surface area contributed by atoms with Gasteiger partial charge in [-0.3, -0.25) is 9.59 Å². The zero-order valence-corrected chi connectivity index (χ0v) is 15.4. The van der Waals surface area contributed by atoms with Gasteiger partial charge in [-0.2, -0.15) is 0 Å². The van der Waals surface area contributed by atoms with Crippen LogP contribution in [0.25, 0.3) is 6.08 Å². The molecule has 1 aliphatic rings. The highest BCUT2D eigenvalue weighted by Gasteiger charge is 2.25. The lowest BCUT2D eigenvalue weighted by molar-refractivity contribution is -0.111. The number of hydrogen-bond donors (Lipinski definition) is 2. The first kappa shape index (κ1) is 18.1. The molecule has 2 aromatic rings. The highest BCUT2D eigenvalue weighted by Crippen LogP contribution is 2.38. The SMILES string of the molecule is C=CCNC(=O)c1c(NC(=O)C=Cc2ccccc2)sc2c1CCCC2. The van der Waals surface area contributed by atoms with Crippen LogP contribution < -0.4 is 10.6 Å². The summed E-state index contributed by atoms with van der Waals surface area (Å²) >= 11 is 1.52. The normalized spacial score (nSPS) is 13.2. The summed E-state index contributed by atoms with van der Waals surface area (Å²) in [6, 6.07) is 9.64. The van der Waals surface area contributed by atoms with Crippen LogP contribution in [0.2, 0.25) is 0 Å². The molecule has 0 fully saturated rings. The summed E-state index contributed by atoms with van der Waals surface area (Å²) in [6.45, 7) is 4.04. The Morgan fingerprint density at radius 3 is 2.69 bits per heavy atom. The minimum Gasteiger partial charge on any atom is -0.348 e. The molecule has 0 unspecified atom stereocenters. The lowest BCUT2D eigenvalue weighted by atomic mass is 9.95. The maximum Gasteiger partial charge on any atom is 0.254 e. The van der Waals surface area contributed by atoms with Crippen LogP contribution in [0, 0.1) is 0 Å². The van der Waals surface area contributed by atoms with E-state index in [0.717, 1.165) is 36.8 Å². The Kier molecular flexibility index (Phi) is 6.02. The van der Waals surface area contributed by atoms with E-state index in [4.69, 9.17) is 0 Å². The van der Waals surface area contributed by atoms with Gasteiger partial charge >= 0.3 is 0 Å². The van der Waals surface area contributed by atoms with Crippen molar-refractivity contribution in [3.8, 4) is 0 Å². The minimum absolute atomic E-state index is 0.147. The molecule has 0 bridgehead atoms. The van der Waals surface area contributed by atoms with E-state index in [2.05, 4.69) is 17.2 Å². The first-order chi connectivity index (χ1) is 12.7. The molecule has 0 saturated carbocycles. The molecule has 0 radical (unpaired) electrons. The molecule has 134 valence electrons. The van der Waals surface area contributed by atoms with Crippen molar-refractivity contribution in [2.45, 2.75) is 25.7 Å². The van der Waals surface area contributed by atoms with Gasteiger partial charge in [0.05, 0.1) is 5.56 Å². The van der Waals surface area contributed by atoms with Crippen LogP contribution in [0.5, 0.6) is 0 Å². The largest absolute Gasteiger partial charge is 0.348 e. The van der Waals surface area contributed by atoms with Gasteiger partial charge in [-0.1, -0.05) is 36.4 Å². The first-order valence-corrected chi connectivity index (χ1v) is 9.58. The third-order valence-electron chi connectivity index (χ3n) is 4.27. The summed E-state index contributed by atoms with van der Waals surface area (Å²) in [5.41, 5.74) is 2.66. The van der Waals surface area contributed by atoms with E-state index in [0.29, 0.717) is 17.1 Å². The number of aryl methyl sites for hydroxylation is 1. The molecular formula is C21H22N2O2S. The van der Waals surface area contributed by atoms with Crippen molar-refractivity contribution in [3.05, 3.63) is 70.6 Å². The third kappa shape index (κ3) is 4.29. The molecule has 0 atom stereocenters. The van der Waals surface area contributed by atoms with E-state index in [1.54, 1.807) is 12.2 Å². The summed E-state index contributed by atoms with van der Waals surface area (Å²) in [7, 11) is 0. The van der Waals surface area contributed by atoms with Crippen LogP contribution in [-0.4, -0.2) is 18.4 Å². The third-order valence-corrected chi connectivity index (χ3v) is 5.48. The van der Waals surface area contributed by atoms with Crippen molar-refractivity contribution in [1.82, 2.24) is 5.32 Å². The number of hydrogen-bond acceptors (Lipinski definition) is 3. The molecule has 4 nitrogen and oxygen atoms in total. The van der Waals surface area contributed by atoms with Crippen LogP contribution >= 0.6 is 11.3 Å². The number of thiophene rings is 1. The zero-order chi connectivity index (χ0) is 18.4. The lowest BCUT2D eigenvalue weighted by Gasteiger charge is -2.12. The average Bonchev–Trinajstić information content (AvgIpc) is 3.03. The molecule has 0 spiro atoms. The Hall–Kier alpha value is -2.66. The Balaban J connectivity index is 1.81. The topological polar surface area (TPSA) is 58.2 Å². The molecule has 5 heteroatoms. The van der Waals surface area contributed by atoms with Gasteiger partial charge < -0.3 is 10.6 Å². The second-order valence-electron chi connectivity index (χ2n) is 6.15. The van der Waals surface area contributed by atoms with Gasteiger partial charge in [0, 0.05) is 17.5 Å². The number of anilines is 1. The van der Waals surface area contributed by atoms with E-state index in [-0.39, 0.29) is 11.8 Å². The lowest BCUT2D eigenvalue weighted by Crippen LogP contribution is -2.25. The number of carbonyl (C=O) groups is 2. The number of benzene rings is 1. The number of nitrogens with one attached hydrogen (secondary N) is 2. The first-order valence-electron chi connectivity index (χ1n) is 8.77. The summed E-state index contributed by atoms with van der Waals surface area (Å²) in [5, 5.41) is 6.38. The van der Waals surface area contributed by atoms with Crippen LogP contribution in [0.4, 0.5) is 5.00 Å². The van der Waals surface area contributed by atoms with Gasteiger partial charge in [0.2, 0.25) is 5.91 Å². The molecule has 1 aromatic carbocycles. The van der Waals surface area contributed by atoms with Crippen molar-refractivity contribution in [3.63, 3.8) is 0 Å². The van der Waals surface area contributed by atoms with Gasteiger partial charge in [-0.15, -0.1) is 17.9 Å². The van der Waals surface area contributed by atoms with Crippen molar-refractivity contribution in [1.29, 1.82) is 0 Å². The number of fused-ring (bicyclic) bond motifs is 1. The van der Waals surface area contributed by atoms with Crippen molar-refractivity contribution in [2.75, 3.05) is 11.9 Å². The Morgan fingerprint density at radius 1 is 1.15 bits per heavy atom. The van der Waals surface area contributed by atoms with E-state index >= 15 is 0 Å². The Bertz CT molecular complexity index is 837. The van der Waals surface area contributed by atoms with Crippen LogP contribution in [0.3, 0.4) is 0 Å². The highest BCUT2D eigenvalue weighted by atomic mass is 32.1.